The Balaban J connectivity index is 1.47. The van der Waals surface area contributed by atoms with Crippen molar-refractivity contribution >= 4 is 87.1 Å². The lowest BCUT2D eigenvalue weighted by molar-refractivity contribution is -0.393. The van der Waals surface area contributed by atoms with Gasteiger partial charge in [-0.2, -0.15) is 11.8 Å². The van der Waals surface area contributed by atoms with Gasteiger partial charge in [0.1, 0.15) is 41.9 Å². The first-order chi connectivity index (χ1) is 33.7. The van der Waals surface area contributed by atoms with Crippen LogP contribution in [-0.4, -0.2) is 147 Å². The number of aliphatic carboxylic acids is 1. The zero-order valence-electron chi connectivity index (χ0n) is 39.4. The standard InChI is InChI=1S/C44H61N13O13S/c1-24(2)18-31(53-42(64)35-11-7-16-55(35)34-13-12-26(56(67)68)20-36(34)57(69)70)38(60)49-22-37(59)50-29(14-17-71-3)39(61)52-32(19-25-21-48-28-9-5-4-8-27(25)28)40(62)54-33(23-58)41(63)51-30(43(65)66)10-6-15-47-44(45)46/h4-5,8-9,12-13,20-21,24,29-33,35,48,58H,6-7,10-11,14-19,22-23H2,1-3H3,(H,49,60)(H,50,59)(H,51,63)(H,52,61)(H,53,64)(H,54,62)(H,65,66)(H4,45,46,47)/t29-,30-,31-,32-,33-,35-/m0/s1. The molecule has 0 saturated carbocycles. The number of benzene rings is 2. The molecule has 27 heteroatoms. The monoisotopic (exact) mass is 1010 g/mol. The predicted molar refractivity (Wildman–Crippen MR) is 262 cm³/mol. The number of fused-ring (bicyclic) bond motifs is 1. The van der Waals surface area contributed by atoms with E-state index in [1.807, 2.05) is 0 Å². The Morgan fingerprint density at radius 1 is 0.873 bits per heavy atom. The van der Waals surface area contributed by atoms with Crippen LogP contribution in [0.15, 0.2) is 53.7 Å². The minimum atomic E-state index is -1.65. The van der Waals surface area contributed by atoms with Crippen LogP contribution in [0, 0.1) is 26.1 Å². The molecule has 6 atom stereocenters. The number of aromatic amines is 1. The molecular formula is C44H61N13O13S. The number of aliphatic hydroxyl groups excluding tert-OH is 1. The van der Waals surface area contributed by atoms with Crippen LogP contribution in [0.5, 0.6) is 0 Å². The van der Waals surface area contributed by atoms with Crippen molar-refractivity contribution in [1.29, 1.82) is 0 Å². The number of nitro benzene ring substituents is 2. The number of carbonyl (C=O) groups is 7. The number of guanidine groups is 1. The average Bonchev–Trinajstić information content (AvgIpc) is 3.99. The molecule has 0 spiro atoms. The number of carboxylic acid groups (broad SMARTS) is 1. The SMILES string of the molecule is CSCC[C@H](NC(=O)CNC(=O)[C@H](CC(C)C)NC(=O)[C@@H]1CCCN1c1ccc([N+](=O)[O-])cc1[N+](=O)[O-])C(=O)N[C@@H](Cc1c[nH]c2ccccc12)C(=O)N[C@@H](CO)C(=O)N[C@@H](CCCN=C(N)N)C(=O)O. The number of H-pyrrole nitrogens is 1. The summed E-state index contributed by atoms with van der Waals surface area (Å²) in [6.45, 7) is 2.31. The van der Waals surface area contributed by atoms with Crippen LogP contribution in [0.2, 0.25) is 0 Å². The van der Waals surface area contributed by atoms with E-state index >= 15 is 0 Å². The Kier molecular flexibility index (Phi) is 21.3. The van der Waals surface area contributed by atoms with E-state index in [1.165, 1.54) is 22.7 Å². The number of amides is 6. The third kappa shape index (κ3) is 16.5. The van der Waals surface area contributed by atoms with Gasteiger partial charge in [-0.05, 0) is 74.1 Å². The summed E-state index contributed by atoms with van der Waals surface area (Å²) in [6, 6.07) is 2.37. The van der Waals surface area contributed by atoms with Crippen molar-refractivity contribution in [3.05, 3.63) is 74.5 Å². The van der Waals surface area contributed by atoms with Crippen LogP contribution in [0.3, 0.4) is 0 Å². The first kappa shape index (κ1) is 56.0. The zero-order chi connectivity index (χ0) is 52.4. The van der Waals surface area contributed by atoms with Gasteiger partial charge >= 0.3 is 5.97 Å². The van der Waals surface area contributed by atoms with E-state index in [2.05, 4.69) is 41.9 Å². The molecule has 3 aromatic rings. The molecule has 71 heavy (non-hydrogen) atoms. The molecule has 2 heterocycles. The maximum Gasteiger partial charge on any atom is 0.326 e. The summed E-state index contributed by atoms with van der Waals surface area (Å²) in [5, 5.41) is 59.0. The van der Waals surface area contributed by atoms with Crippen LogP contribution >= 0.6 is 11.8 Å². The quantitative estimate of drug-likeness (QED) is 0.0146. The summed E-state index contributed by atoms with van der Waals surface area (Å²) in [5.41, 5.74) is 10.9. The number of nitro groups is 2. The number of hydrogen-bond acceptors (Lipinski definition) is 15. The number of carbonyl (C=O) groups excluding carboxylic acids is 6. The van der Waals surface area contributed by atoms with Crippen molar-refractivity contribution in [3.8, 4) is 0 Å². The minimum Gasteiger partial charge on any atom is -0.480 e. The number of hydrogen-bond donors (Lipinski definition) is 11. The van der Waals surface area contributed by atoms with Gasteiger partial charge in [0.15, 0.2) is 5.96 Å². The molecule has 0 unspecified atom stereocenters. The molecule has 13 N–H and O–H groups in total. The third-order valence-electron chi connectivity index (χ3n) is 11.4. The second kappa shape index (κ2) is 27.0. The molecule has 6 amide bonds. The Morgan fingerprint density at radius 2 is 1.55 bits per heavy atom. The number of rotatable bonds is 28. The minimum absolute atomic E-state index is 0.00159. The second-order valence-electron chi connectivity index (χ2n) is 17.1. The Bertz CT molecular complexity index is 2450. The van der Waals surface area contributed by atoms with Gasteiger partial charge in [-0.15, -0.1) is 0 Å². The lowest BCUT2D eigenvalue weighted by Gasteiger charge is -2.28. The van der Waals surface area contributed by atoms with Crippen molar-refractivity contribution in [2.75, 3.05) is 43.1 Å². The maximum atomic E-state index is 14.1. The van der Waals surface area contributed by atoms with Gasteiger partial charge in [0.05, 0.1) is 29.1 Å². The largest absolute Gasteiger partial charge is 0.480 e. The second-order valence-corrected chi connectivity index (χ2v) is 18.1. The van der Waals surface area contributed by atoms with Gasteiger partial charge in [0.25, 0.3) is 11.4 Å². The van der Waals surface area contributed by atoms with Gasteiger partial charge in [-0.25, -0.2) is 4.79 Å². The number of anilines is 1. The van der Waals surface area contributed by atoms with E-state index in [1.54, 1.807) is 50.6 Å². The van der Waals surface area contributed by atoms with Gasteiger partial charge in [0, 0.05) is 42.7 Å². The highest BCUT2D eigenvalue weighted by atomic mass is 32.2. The number of aliphatic hydroxyl groups is 1. The van der Waals surface area contributed by atoms with Crippen LogP contribution in [0.1, 0.15) is 57.9 Å². The Labute approximate surface area is 411 Å². The number of aromatic nitrogens is 1. The number of aliphatic imine (C=N–C) groups is 1. The number of carboxylic acids is 1. The molecule has 0 aliphatic carbocycles. The molecule has 2 aromatic carbocycles. The molecular weight excluding hydrogens is 951 g/mol. The molecule has 0 radical (unpaired) electrons. The van der Waals surface area contributed by atoms with Crippen LogP contribution in [0.25, 0.3) is 10.9 Å². The highest BCUT2D eigenvalue weighted by Crippen LogP contribution is 2.36. The lowest BCUT2D eigenvalue weighted by atomic mass is 10.0. The fourth-order valence-corrected chi connectivity index (χ4v) is 8.33. The van der Waals surface area contributed by atoms with E-state index in [0.29, 0.717) is 23.1 Å². The summed E-state index contributed by atoms with van der Waals surface area (Å²) in [5.74, 6) is -6.30. The molecule has 1 aromatic heterocycles. The fraction of sp³-hybridized carbons (Fsp3) is 0.500. The number of thioether (sulfide) groups is 1. The van der Waals surface area contributed by atoms with Crippen molar-refractivity contribution in [3.63, 3.8) is 0 Å². The number of nitrogens with one attached hydrogen (secondary N) is 7. The topological polar surface area (TPSA) is 402 Å². The smallest absolute Gasteiger partial charge is 0.326 e. The number of non-ortho nitro benzene ring substituents is 1. The molecule has 1 aliphatic heterocycles. The first-order valence-corrected chi connectivity index (χ1v) is 24.0. The Morgan fingerprint density at radius 3 is 2.20 bits per heavy atom. The normalized spacial score (nSPS) is 15.3. The molecule has 26 nitrogen and oxygen atoms in total. The van der Waals surface area contributed by atoms with E-state index in [9.17, 15) is 64.0 Å². The average molecular weight is 1010 g/mol. The van der Waals surface area contributed by atoms with E-state index < -0.39 is 112 Å². The number of nitrogens with two attached hydrogens (primary N) is 2. The van der Waals surface area contributed by atoms with Gasteiger partial charge in [0.2, 0.25) is 35.4 Å². The first-order valence-electron chi connectivity index (χ1n) is 22.6. The summed E-state index contributed by atoms with van der Waals surface area (Å²) in [7, 11) is 0. The highest BCUT2D eigenvalue weighted by Gasteiger charge is 2.38. The highest BCUT2D eigenvalue weighted by molar-refractivity contribution is 7.98. The Hall–Kier alpha value is -7.55. The molecule has 0 bridgehead atoms. The van der Waals surface area contributed by atoms with Crippen LogP contribution in [0.4, 0.5) is 17.1 Å². The summed E-state index contributed by atoms with van der Waals surface area (Å²) in [6.07, 6.45) is 4.24. The fourth-order valence-electron chi connectivity index (χ4n) is 7.86. The van der Waals surface area contributed by atoms with Crippen molar-refractivity contribution in [2.45, 2.75) is 95.0 Å². The van der Waals surface area contributed by atoms with Crippen molar-refractivity contribution in [2.24, 2.45) is 22.4 Å². The molecule has 1 aliphatic rings. The van der Waals surface area contributed by atoms with Crippen molar-refractivity contribution in [1.82, 2.24) is 36.9 Å². The summed E-state index contributed by atoms with van der Waals surface area (Å²) >= 11 is 1.36. The predicted octanol–water partition coefficient (Wildman–Crippen LogP) is -0.334. The van der Waals surface area contributed by atoms with Crippen molar-refractivity contribution < 1.29 is 53.6 Å². The number of para-hydroxylation sites is 1. The zero-order valence-corrected chi connectivity index (χ0v) is 40.2. The summed E-state index contributed by atoms with van der Waals surface area (Å²) < 4.78 is 0. The third-order valence-corrected chi connectivity index (χ3v) is 12.0. The summed E-state index contributed by atoms with van der Waals surface area (Å²) in [4.78, 5) is 124. The van der Waals surface area contributed by atoms with E-state index in [0.717, 1.165) is 17.6 Å². The molecule has 1 fully saturated rings. The van der Waals surface area contributed by atoms with Gasteiger partial charge in [-0.3, -0.25) is 54.0 Å². The maximum absolute atomic E-state index is 14.1. The number of nitrogens with zero attached hydrogens (tertiary/aromatic N) is 4. The lowest BCUT2D eigenvalue weighted by Crippen LogP contribution is -2.59. The molecule has 386 valence electrons. The molecule has 4 rings (SSSR count). The van der Waals surface area contributed by atoms with Crippen LogP contribution < -0.4 is 48.3 Å². The van der Waals surface area contributed by atoms with Gasteiger partial charge < -0.3 is 63.5 Å². The van der Waals surface area contributed by atoms with E-state index in [-0.39, 0.29) is 69.2 Å². The van der Waals surface area contributed by atoms with Crippen LogP contribution in [-0.2, 0) is 40.0 Å². The van der Waals surface area contributed by atoms with E-state index in [4.69, 9.17) is 11.5 Å². The molecule has 1 saturated heterocycles. The van der Waals surface area contributed by atoms with Gasteiger partial charge in [-0.1, -0.05) is 32.0 Å².